The number of carbonyl (C=O) groups is 1. The van der Waals surface area contributed by atoms with Crippen molar-refractivity contribution in [3.63, 3.8) is 0 Å². The summed E-state index contributed by atoms with van der Waals surface area (Å²) < 4.78 is 10.5. The van der Waals surface area contributed by atoms with E-state index in [9.17, 15) is 4.79 Å². The molecular weight excluding hydrogens is 238 g/mol. The molecule has 0 radical (unpaired) electrons. The molecule has 0 aromatic carbocycles. The van der Waals surface area contributed by atoms with Crippen LogP contribution in [0.25, 0.3) is 0 Å². The molecule has 1 amide bonds. The number of nitrogens with zero attached hydrogens (tertiary/aromatic N) is 1. The van der Waals surface area contributed by atoms with Crippen LogP contribution < -0.4 is 11.3 Å². The van der Waals surface area contributed by atoms with Crippen LogP contribution in [0.4, 0.5) is 0 Å². The summed E-state index contributed by atoms with van der Waals surface area (Å²) in [5.74, 6) is 4.87. The number of furan rings is 1. The normalized spacial score (nSPS) is 20.9. The van der Waals surface area contributed by atoms with E-state index < -0.39 is 5.91 Å². The van der Waals surface area contributed by atoms with Crippen molar-refractivity contribution in [2.45, 2.75) is 12.6 Å². The summed E-state index contributed by atoms with van der Waals surface area (Å²) in [5, 5.41) is 9.06. The highest BCUT2D eigenvalue weighted by Crippen LogP contribution is 2.15. The second-order valence-corrected chi connectivity index (χ2v) is 4.16. The first-order valence-electron chi connectivity index (χ1n) is 5.76. The number of aliphatic hydroxyl groups excluding tert-OH is 1. The lowest BCUT2D eigenvalue weighted by Gasteiger charge is -2.31. The third-order valence-corrected chi connectivity index (χ3v) is 2.90. The Morgan fingerprint density at radius 2 is 2.50 bits per heavy atom. The number of amides is 1. The number of nitrogens with one attached hydrogen (secondary N) is 1. The van der Waals surface area contributed by atoms with Crippen molar-refractivity contribution in [2.24, 2.45) is 5.84 Å². The van der Waals surface area contributed by atoms with Gasteiger partial charge in [0.05, 0.1) is 25.6 Å². The average molecular weight is 255 g/mol. The van der Waals surface area contributed by atoms with E-state index in [1.54, 1.807) is 6.07 Å². The summed E-state index contributed by atoms with van der Waals surface area (Å²) in [6.07, 6.45) is 1.29. The summed E-state index contributed by atoms with van der Waals surface area (Å²) in [6, 6.07) is 1.74. The molecule has 1 aliphatic heterocycles. The third kappa shape index (κ3) is 2.88. The maximum Gasteiger partial charge on any atom is 0.301 e. The number of morpholine rings is 1. The van der Waals surface area contributed by atoms with Gasteiger partial charge in [0.1, 0.15) is 0 Å². The van der Waals surface area contributed by atoms with E-state index in [-0.39, 0.29) is 18.5 Å². The highest BCUT2D eigenvalue weighted by atomic mass is 16.5. The second-order valence-electron chi connectivity index (χ2n) is 4.16. The highest BCUT2D eigenvalue weighted by Gasteiger charge is 2.22. The van der Waals surface area contributed by atoms with Crippen molar-refractivity contribution in [3.8, 4) is 0 Å². The monoisotopic (exact) mass is 255 g/mol. The first kappa shape index (κ1) is 13.0. The Hall–Kier alpha value is -1.41. The molecule has 1 atom stereocenters. The topological polar surface area (TPSA) is 101 Å². The molecule has 0 bridgehead atoms. The quantitative estimate of drug-likeness (QED) is 0.365. The zero-order valence-electron chi connectivity index (χ0n) is 9.96. The van der Waals surface area contributed by atoms with E-state index in [0.717, 1.165) is 12.1 Å². The van der Waals surface area contributed by atoms with Gasteiger partial charge in [-0.05, 0) is 6.07 Å². The Labute approximate surface area is 104 Å². The zero-order valence-corrected chi connectivity index (χ0v) is 9.96. The van der Waals surface area contributed by atoms with Gasteiger partial charge in [-0.25, -0.2) is 5.84 Å². The van der Waals surface area contributed by atoms with Gasteiger partial charge >= 0.3 is 5.91 Å². The molecule has 1 unspecified atom stereocenters. The third-order valence-electron chi connectivity index (χ3n) is 2.90. The Bertz CT molecular complexity index is 407. The Morgan fingerprint density at radius 1 is 1.67 bits per heavy atom. The van der Waals surface area contributed by atoms with Gasteiger partial charge in [0.2, 0.25) is 0 Å². The van der Waals surface area contributed by atoms with Crippen LogP contribution in [0.3, 0.4) is 0 Å². The van der Waals surface area contributed by atoms with E-state index in [2.05, 4.69) is 4.90 Å². The smallest absolute Gasteiger partial charge is 0.301 e. The number of hydrogen-bond acceptors (Lipinski definition) is 6. The predicted octanol–water partition coefficient (Wildman–Crippen LogP) is -0.924. The average Bonchev–Trinajstić information content (AvgIpc) is 2.86. The molecule has 0 saturated carbocycles. The summed E-state index contributed by atoms with van der Waals surface area (Å²) in [4.78, 5) is 13.5. The molecule has 2 rings (SSSR count). The molecular formula is C11H17N3O4. The van der Waals surface area contributed by atoms with Gasteiger partial charge in [0.25, 0.3) is 0 Å². The fraction of sp³-hybridized carbons (Fsp3) is 0.545. The van der Waals surface area contributed by atoms with Crippen LogP contribution in [0.2, 0.25) is 0 Å². The van der Waals surface area contributed by atoms with Crippen molar-refractivity contribution >= 4 is 5.91 Å². The number of nitrogens with two attached hydrogens (primary N) is 1. The SMILES string of the molecule is NNC(=O)c1occc1CN1CCOC(CO)C1. The molecule has 100 valence electrons. The van der Waals surface area contributed by atoms with Crippen LogP contribution in [0, 0.1) is 0 Å². The van der Waals surface area contributed by atoms with E-state index in [1.165, 1.54) is 6.26 Å². The number of carbonyl (C=O) groups excluding carboxylic acids is 1. The van der Waals surface area contributed by atoms with Crippen LogP contribution in [-0.2, 0) is 11.3 Å². The van der Waals surface area contributed by atoms with Gasteiger partial charge in [-0.15, -0.1) is 0 Å². The zero-order chi connectivity index (χ0) is 13.0. The van der Waals surface area contributed by atoms with Crippen LogP contribution in [0.15, 0.2) is 16.7 Å². The first-order chi connectivity index (χ1) is 8.74. The first-order valence-corrected chi connectivity index (χ1v) is 5.76. The van der Waals surface area contributed by atoms with E-state index >= 15 is 0 Å². The molecule has 1 aromatic heterocycles. The molecule has 1 saturated heterocycles. The maximum absolute atomic E-state index is 11.4. The summed E-state index contributed by atoms with van der Waals surface area (Å²) in [7, 11) is 0. The Balaban J connectivity index is 2.00. The van der Waals surface area contributed by atoms with Crippen molar-refractivity contribution in [1.82, 2.24) is 10.3 Å². The minimum Gasteiger partial charge on any atom is -0.459 e. The number of aliphatic hydroxyl groups is 1. The standard InChI is InChI=1S/C11H17N3O4/c12-13-11(16)10-8(1-3-18-10)5-14-2-4-17-9(6-14)7-15/h1,3,9,15H,2,4-7,12H2,(H,13,16). The molecule has 7 nitrogen and oxygen atoms in total. The number of nitrogen functional groups attached to an aromatic ring is 1. The van der Waals surface area contributed by atoms with E-state index in [4.69, 9.17) is 20.1 Å². The van der Waals surface area contributed by atoms with Crippen LogP contribution in [0.1, 0.15) is 16.1 Å². The van der Waals surface area contributed by atoms with Crippen LogP contribution in [-0.4, -0.2) is 48.3 Å². The van der Waals surface area contributed by atoms with Gasteiger partial charge in [0.15, 0.2) is 5.76 Å². The van der Waals surface area contributed by atoms with Crippen LogP contribution >= 0.6 is 0 Å². The Kier molecular flexibility index (Phi) is 4.32. The molecule has 1 fully saturated rings. The van der Waals surface area contributed by atoms with Gasteiger partial charge in [-0.2, -0.15) is 0 Å². The highest BCUT2D eigenvalue weighted by molar-refractivity contribution is 5.92. The predicted molar refractivity (Wildman–Crippen MR) is 62.5 cm³/mol. The van der Waals surface area contributed by atoms with Gasteiger partial charge < -0.3 is 14.3 Å². The summed E-state index contributed by atoms with van der Waals surface area (Å²) >= 11 is 0. The fourth-order valence-corrected chi connectivity index (χ4v) is 2.00. The molecule has 0 spiro atoms. The van der Waals surface area contributed by atoms with Gasteiger partial charge in [-0.1, -0.05) is 0 Å². The second kappa shape index (κ2) is 5.96. The van der Waals surface area contributed by atoms with Crippen molar-refractivity contribution in [2.75, 3.05) is 26.3 Å². The molecule has 1 aliphatic rings. The molecule has 4 N–H and O–H groups in total. The number of rotatable bonds is 4. The van der Waals surface area contributed by atoms with Crippen molar-refractivity contribution in [1.29, 1.82) is 0 Å². The van der Waals surface area contributed by atoms with E-state index in [1.807, 2.05) is 5.43 Å². The number of hydrogen-bond donors (Lipinski definition) is 3. The largest absolute Gasteiger partial charge is 0.459 e. The van der Waals surface area contributed by atoms with E-state index in [0.29, 0.717) is 19.7 Å². The lowest BCUT2D eigenvalue weighted by molar-refractivity contribution is -0.0551. The minimum absolute atomic E-state index is 0.00195. The minimum atomic E-state index is -0.443. The summed E-state index contributed by atoms with van der Waals surface area (Å²) in [5.41, 5.74) is 2.82. The molecule has 2 heterocycles. The fourth-order valence-electron chi connectivity index (χ4n) is 2.00. The maximum atomic E-state index is 11.4. The molecule has 18 heavy (non-hydrogen) atoms. The number of hydrazine groups is 1. The summed E-state index contributed by atoms with van der Waals surface area (Å²) in [6.45, 7) is 2.52. The van der Waals surface area contributed by atoms with Crippen LogP contribution in [0.5, 0.6) is 0 Å². The number of ether oxygens (including phenoxy) is 1. The van der Waals surface area contributed by atoms with Crippen molar-refractivity contribution in [3.05, 3.63) is 23.7 Å². The Morgan fingerprint density at radius 3 is 3.22 bits per heavy atom. The van der Waals surface area contributed by atoms with Gasteiger partial charge in [-0.3, -0.25) is 15.1 Å². The lowest BCUT2D eigenvalue weighted by atomic mass is 10.2. The molecule has 1 aromatic rings. The lowest BCUT2D eigenvalue weighted by Crippen LogP contribution is -2.43. The molecule has 7 heteroatoms. The van der Waals surface area contributed by atoms with Gasteiger partial charge in [0, 0.05) is 25.2 Å². The molecule has 0 aliphatic carbocycles. The van der Waals surface area contributed by atoms with Crippen molar-refractivity contribution < 1.29 is 19.1 Å².